The van der Waals surface area contributed by atoms with Crippen molar-refractivity contribution in [1.29, 1.82) is 0 Å². The van der Waals surface area contributed by atoms with Crippen LogP contribution >= 0.6 is 0 Å². The van der Waals surface area contributed by atoms with Gasteiger partial charge in [-0.25, -0.2) is 4.98 Å². The van der Waals surface area contributed by atoms with Crippen molar-refractivity contribution in [1.82, 2.24) is 14.9 Å². The summed E-state index contributed by atoms with van der Waals surface area (Å²) in [6.45, 7) is 1.29. The molecule has 0 spiro atoms. The largest absolute Gasteiger partial charge is 0.497 e. The Balaban J connectivity index is 1.49. The third-order valence-corrected chi connectivity index (χ3v) is 5.11. The summed E-state index contributed by atoms with van der Waals surface area (Å²) in [4.78, 5) is 17.4. The minimum atomic E-state index is -0.187. The number of hydrogen-bond donors (Lipinski definition) is 1. The number of nitrogens with one attached hydrogen (secondary N) is 1. The number of aromatic nitrogens is 2. The molecule has 1 amide bonds. The number of fused-ring (bicyclic) bond motifs is 1. The summed E-state index contributed by atoms with van der Waals surface area (Å²) in [7, 11) is 3.20. The van der Waals surface area contributed by atoms with Gasteiger partial charge in [0.25, 0.3) is 5.91 Å². The maximum atomic E-state index is 12.6. The topological polar surface area (TPSA) is 74.6 Å². The van der Waals surface area contributed by atoms with E-state index in [4.69, 9.17) is 19.2 Å². The predicted molar refractivity (Wildman–Crippen MR) is 122 cm³/mol. The first kappa shape index (κ1) is 21.2. The number of imidazole rings is 1. The molecule has 0 bridgehead atoms. The van der Waals surface area contributed by atoms with Crippen molar-refractivity contribution >= 4 is 16.9 Å². The fourth-order valence-corrected chi connectivity index (χ4v) is 3.52. The molecule has 0 aliphatic carbocycles. The van der Waals surface area contributed by atoms with Gasteiger partial charge in [-0.1, -0.05) is 30.3 Å². The van der Waals surface area contributed by atoms with E-state index < -0.39 is 0 Å². The lowest BCUT2D eigenvalue weighted by Gasteiger charge is -2.13. The molecule has 0 radical (unpaired) electrons. The lowest BCUT2D eigenvalue weighted by atomic mass is 10.2. The zero-order valence-electron chi connectivity index (χ0n) is 18.1. The van der Waals surface area contributed by atoms with Crippen LogP contribution in [0.15, 0.2) is 72.8 Å². The number of hydrogen-bond acceptors (Lipinski definition) is 5. The van der Waals surface area contributed by atoms with Crippen LogP contribution in [0.1, 0.15) is 16.2 Å². The van der Waals surface area contributed by atoms with E-state index in [2.05, 4.69) is 9.88 Å². The summed E-state index contributed by atoms with van der Waals surface area (Å²) >= 11 is 0. The van der Waals surface area contributed by atoms with Crippen molar-refractivity contribution in [3.8, 4) is 17.2 Å². The monoisotopic (exact) mass is 431 g/mol. The highest BCUT2D eigenvalue weighted by Crippen LogP contribution is 2.26. The molecule has 7 nitrogen and oxygen atoms in total. The van der Waals surface area contributed by atoms with E-state index in [1.807, 2.05) is 48.5 Å². The first-order valence-electron chi connectivity index (χ1n) is 10.3. The molecule has 32 heavy (non-hydrogen) atoms. The van der Waals surface area contributed by atoms with Crippen LogP contribution in [-0.2, 0) is 13.1 Å². The van der Waals surface area contributed by atoms with Crippen molar-refractivity contribution in [2.75, 3.05) is 20.8 Å². The normalized spacial score (nSPS) is 10.7. The molecule has 4 aromatic rings. The average Bonchev–Trinajstić information content (AvgIpc) is 3.20. The molecule has 0 aliphatic heterocycles. The molecular weight excluding hydrogens is 406 g/mol. The summed E-state index contributed by atoms with van der Waals surface area (Å²) in [5.41, 5.74) is 2.39. The zero-order valence-corrected chi connectivity index (χ0v) is 18.1. The van der Waals surface area contributed by atoms with Crippen molar-refractivity contribution in [2.24, 2.45) is 0 Å². The van der Waals surface area contributed by atoms with Crippen LogP contribution < -0.4 is 19.5 Å². The molecule has 7 heteroatoms. The van der Waals surface area contributed by atoms with E-state index in [-0.39, 0.29) is 5.91 Å². The lowest BCUT2D eigenvalue weighted by Crippen LogP contribution is -2.25. The fraction of sp³-hybridized carbons (Fsp3) is 0.200. The van der Waals surface area contributed by atoms with E-state index in [0.717, 1.165) is 16.9 Å². The zero-order chi connectivity index (χ0) is 22.3. The van der Waals surface area contributed by atoms with Gasteiger partial charge in [-0.15, -0.1) is 0 Å². The maximum Gasteiger partial charge on any atom is 0.251 e. The van der Waals surface area contributed by atoms with E-state index >= 15 is 0 Å². The minimum Gasteiger partial charge on any atom is -0.497 e. The maximum absolute atomic E-state index is 12.6. The SMILES string of the molecule is COc1cccc(C(=O)NCc2nc3ccccc3n2CCOc2ccccc2OC)c1. The highest BCUT2D eigenvalue weighted by Gasteiger charge is 2.13. The van der Waals surface area contributed by atoms with Crippen LogP contribution in [0.2, 0.25) is 0 Å². The number of rotatable bonds is 9. The molecule has 0 unspecified atom stereocenters. The van der Waals surface area contributed by atoms with Gasteiger partial charge in [0.15, 0.2) is 11.5 Å². The third-order valence-electron chi connectivity index (χ3n) is 5.11. The number of benzene rings is 3. The summed E-state index contributed by atoms with van der Waals surface area (Å²) in [6, 6.07) is 22.5. The van der Waals surface area contributed by atoms with Gasteiger partial charge < -0.3 is 24.1 Å². The molecule has 0 fully saturated rings. The van der Waals surface area contributed by atoms with Gasteiger partial charge in [0.2, 0.25) is 0 Å². The lowest BCUT2D eigenvalue weighted by molar-refractivity contribution is 0.0949. The first-order valence-corrected chi connectivity index (χ1v) is 10.3. The van der Waals surface area contributed by atoms with Crippen LogP contribution in [0.4, 0.5) is 0 Å². The standard InChI is InChI=1S/C25H25N3O4/c1-30-19-9-7-8-18(16-19)25(29)26-17-24-27-20-10-3-4-11-21(20)28(24)14-15-32-23-13-6-5-12-22(23)31-2/h3-13,16H,14-15,17H2,1-2H3,(H,26,29). The van der Waals surface area contributed by atoms with Gasteiger partial charge in [0.05, 0.1) is 38.3 Å². The van der Waals surface area contributed by atoms with Gasteiger partial charge in [0.1, 0.15) is 18.2 Å². The summed E-state index contributed by atoms with van der Waals surface area (Å²) < 4.78 is 18.6. The number of ether oxygens (including phenoxy) is 3. The molecule has 0 aliphatic rings. The van der Waals surface area contributed by atoms with Crippen LogP contribution in [0.5, 0.6) is 17.2 Å². The van der Waals surface area contributed by atoms with E-state index in [1.54, 1.807) is 38.5 Å². The van der Waals surface area contributed by atoms with Crippen LogP contribution in [0.25, 0.3) is 11.0 Å². The number of carbonyl (C=O) groups is 1. The molecule has 164 valence electrons. The number of nitrogens with zero attached hydrogens (tertiary/aromatic N) is 2. The Hall–Kier alpha value is -4.00. The molecule has 1 aromatic heterocycles. The Morgan fingerprint density at radius 3 is 2.53 bits per heavy atom. The van der Waals surface area contributed by atoms with Gasteiger partial charge in [-0.3, -0.25) is 4.79 Å². The highest BCUT2D eigenvalue weighted by molar-refractivity contribution is 5.94. The number of amides is 1. The van der Waals surface area contributed by atoms with E-state index in [1.165, 1.54) is 0 Å². The smallest absolute Gasteiger partial charge is 0.251 e. The van der Waals surface area contributed by atoms with Crippen LogP contribution in [0, 0.1) is 0 Å². The second-order valence-electron chi connectivity index (χ2n) is 7.08. The van der Waals surface area contributed by atoms with Crippen molar-refractivity contribution in [3.05, 3.63) is 84.2 Å². The molecule has 4 rings (SSSR count). The second kappa shape index (κ2) is 9.87. The number of carbonyl (C=O) groups excluding carboxylic acids is 1. The number of para-hydroxylation sites is 4. The summed E-state index contributed by atoms with van der Waals surface area (Å²) in [5, 5.41) is 2.96. The fourth-order valence-electron chi connectivity index (χ4n) is 3.52. The Bertz CT molecular complexity index is 1220. The van der Waals surface area contributed by atoms with Gasteiger partial charge in [-0.05, 0) is 42.5 Å². The van der Waals surface area contributed by atoms with Crippen LogP contribution in [0.3, 0.4) is 0 Å². The molecule has 0 saturated heterocycles. The van der Waals surface area contributed by atoms with Gasteiger partial charge in [0, 0.05) is 5.56 Å². The van der Waals surface area contributed by atoms with E-state index in [0.29, 0.717) is 42.5 Å². The molecule has 0 saturated carbocycles. The average molecular weight is 431 g/mol. The molecule has 3 aromatic carbocycles. The highest BCUT2D eigenvalue weighted by atomic mass is 16.5. The quantitative estimate of drug-likeness (QED) is 0.433. The van der Waals surface area contributed by atoms with Gasteiger partial charge >= 0.3 is 0 Å². The van der Waals surface area contributed by atoms with Crippen molar-refractivity contribution < 1.29 is 19.0 Å². The molecular formula is C25H25N3O4. The Labute approximate surface area is 186 Å². The summed E-state index contributed by atoms with van der Waals surface area (Å²) in [6.07, 6.45) is 0. The van der Waals surface area contributed by atoms with E-state index in [9.17, 15) is 4.79 Å². The Kier molecular flexibility index (Phi) is 6.55. The summed E-state index contributed by atoms with van der Waals surface area (Å²) in [5.74, 6) is 2.58. The third kappa shape index (κ3) is 4.67. The van der Waals surface area contributed by atoms with Crippen molar-refractivity contribution in [3.63, 3.8) is 0 Å². The van der Waals surface area contributed by atoms with Gasteiger partial charge in [-0.2, -0.15) is 0 Å². The number of methoxy groups -OCH3 is 2. The molecule has 1 heterocycles. The van der Waals surface area contributed by atoms with Crippen LogP contribution in [-0.4, -0.2) is 36.3 Å². The Morgan fingerprint density at radius 1 is 0.938 bits per heavy atom. The second-order valence-corrected chi connectivity index (χ2v) is 7.08. The Morgan fingerprint density at radius 2 is 1.72 bits per heavy atom. The predicted octanol–water partition coefficient (Wildman–Crippen LogP) is 4.06. The first-order chi connectivity index (χ1) is 15.7. The molecule has 0 atom stereocenters. The minimum absolute atomic E-state index is 0.187. The molecule has 1 N–H and O–H groups in total. The van der Waals surface area contributed by atoms with Crippen molar-refractivity contribution in [2.45, 2.75) is 13.1 Å².